The van der Waals surface area contributed by atoms with Crippen molar-refractivity contribution in [3.8, 4) is 0 Å². The molecule has 0 heterocycles. The van der Waals surface area contributed by atoms with Crippen LogP contribution in [0.4, 0.5) is 0 Å². The van der Waals surface area contributed by atoms with E-state index in [-0.39, 0.29) is 16.3 Å². The number of hydrogen-bond acceptors (Lipinski definition) is 1. The van der Waals surface area contributed by atoms with E-state index in [0.717, 1.165) is 0 Å². The van der Waals surface area contributed by atoms with Gasteiger partial charge in [0, 0.05) is 0 Å². The molecule has 0 aromatic rings. The molecule has 0 spiro atoms. The topological polar surface area (TPSA) is 17.1 Å². The summed E-state index contributed by atoms with van der Waals surface area (Å²) in [6.45, 7) is 10.5. The second kappa shape index (κ2) is 3.28. The molecular weight excluding hydrogens is 176 g/mol. The molecule has 0 saturated heterocycles. The third-order valence-corrected chi connectivity index (χ3v) is 8.48. The van der Waals surface area contributed by atoms with Crippen LogP contribution in [0.1, 0.15) is 20.8 Å². The minimum absolute atomic E-state index is 0.124. The summed E-state index contributed by atoms with van der Waals surface area (Å²) in [7, 11) is -1.78. The van der Waals surface area contributed by atoms with Crippen molar-refractivity contribution in [2.75, 3.05) is 5.88 Å². The maximum absolute atomic E-state index is 11.4. The van der Waals surface area contributed by atoms with E-state index in [1.54, 1.807) is 0 Å². The maximum Gasteiger partial charge on any atom is 0.133 e. The molecule has 0 aliphatic heterocycles. The molecule has 0 atom stereocenters. The molecule has 0 unspecified atom stereocenters. The van der Waals surface area contributed by atoms with E-state index in [9.17, 15) is 4.79 Å². The Morgan fingerprint density at radius 2 is 1.73 bits per heavy atom. The molecule has 0 aromatic heterocycles. The van der Waals surface area contributed by atoms with E-state index in [2.05, 4.69) is 33.9 Å². The molecule has 3 heteroatoms. The van der Waals surface area contributed by atoms with Gasteiger partial charge in [0.15, 0.2) is 0 Å². The van der Waals surface area contributed by atoms with Crippen molar-refractivity contribution in [3.05, 3.63) is 0 Å². The fourth-order valence-corrected chi connectivity index (χ4v) is 2.76. The lowest BCUT2D eigenvalue weighted by atomic mass is 10.2. The Morgan fingerprint density at radius 1 is 1.36 bits per heavy atom. The van der Waals surface area contributed by atoms with E-state index in [1.807, 2.05) is 0 Å². The number of carbonyl (C=O) groups excluding carboxylic acids is 1. The summed E-state index contributed by atoms with van der Waals surface area (Å²) in [5.74, 6) is 0.177. The second-order valence-electron chi connectivity index (χ2n) is 4.43. The summed E-state index contributed by atoms with van der Waals surface area (Å²) in [4.78, 5) is 11.4. The third-order valence-electron chi connectivity index (χ3n) is 2.69. The maximum atomic E-state index is 11.4. The number of halogens is 1. The molecule has 11 heavy (non-hydrogen) atoms. The Balaban J connectivity index is 4.59. The van der Waals surface area contributed by atoms with Crippen molar-refractivity contribution in [1.82, 2.24) is 0 Å². The molecule has 66 valence electrons. The summed E-state index contributed by atoms with van der Waals surface area (Å²) in [5.41, 5.74) is 0. The Labute approximate surface area is 75.1 Å². The normalized spacial score (nSPS) is 13.3. The average Bonchev–Trinajstić information content (AvgIpc) is 1.83. The Kier molecular flexibility index (Phi) is 3.33. The van der Waals surface area contributed by atoms with Crippen LogP contribution in [-0.4, -0.2) is 19.4 Å². The first-order valence-electron chi connectivity index (χ1n) is 3.82. The predicted molar refractivity (Wildman–Crippen MR) is 52.9 cm³/mol. The third kappa shape index (κ3) is 2.31. The first-order valence-corrected chi connectivity index (χ1v) is 7.36. The van der Waals surface area contributed by atoms with Crippen LogP contribution in [0.5, 0.6) is 0 Å². The highest BCUT2D eigenvalue weighted by molar-refractivity contribution is 7.07. The molecular formula is C8H17ClOSi. The lowest BCUT2D eigenvalue weighted by Gasteiger charge is -2.34. The first kappa shape index (κ1) is 11.2. The van der Waals surface area contributed by atoms with Crippen LogP contribution in [0, 0.1) is 0 Å². The van der Waals surface area contributed by atoms with E-state index in [4.69, 9.17) is 11.6 Å². The van der Waals surface area contributed by atoms with Crippen LogP contribution < -0.4 is 0 Å². The molecule has 0 amide bonds. The van der Waals surface area contributed by atoms with Crippen molar-refractivity contribution in [3.63, 3.8) is 0 Å². The fourth-order valence-electron chi connectivity index (χ4n) is 0.585. The Hall–Kier alpha value is 0.177. The summed E-state index contributed by atoms with van der Waals surface area (Å²) < 4.78 is 0. The largest absolute Gasteiger partial charge is 0.304 e. The van der Waals surface area contributed by atoms with Gasteiger partial charge in [-0.3, -0.25) is 0 Å². The molecule has 1 nitrogen and oxygen atoms in total. The van der Waals surface area contributed by atoms with Crippen LogP contribution in [0.2, 0.25) is 18.1 Å². The predicted octanol–water partition coefficient (Wildman–Crippen LogP) is 2.84. The highest BCUT2D eigenvalue weighted by Gasteiger charge is 2.41. The van der Waals surface area contributed by atoms with Gasteiger partial charge in [0.05, 0.1) is 5.88 Å². The minimum Gasteiger partial charge on any atom is -0.304 e. The smallest absolute Gasteiger partial charge is 0.133 e. The van der Waals surface area contributed by atoms with E-state index in [0.29, 0.717) is 0 Å². The summed E-state index contributed by atoms with van der Waals surface area (Å²) in [6, 6.07) is 0. The highest BCUT2D eigenvalue weighted by atomic mass is 35.5. The molecule has 0 saturated carbocycles. The van der Waals surface area contributed by atoms with Crippen LogP contribution in [-0.2, 0) is 4.79 Å². The van der Waals surface area contributed by atoms with Gasteiger partial charge in [-0.1, -0.05) is 33.9 Å². The SMILES string of the molecule is CC(C)(C)[Si](C)(C)C(=O)CCl. The Bertz CT molecular complexity index is 158. The number of carbonyl (C=O) groups is 1. The average molecular weight is 193 g/mol. The molecule has 0 N–H and O–H groups in total. The van der Waals surface area contributed by atoms with Gasteiger partial charge < -0.3 is 4.79 Å². The summed E-state index contributed by atoms with van der Waals surface area (Å²) >= 11 is 5.53. The van der Waals surface area contributed by atoms with E-state index < -0.39 is 8.07 Å². The molecule has 0 rings (SSSR count). The van der Waals surface area contributed by atoms with Gasteiger partial charge in [0.1, 0.15) is 13.5 Å². The van der Waals surface area contributed by atoms with Crippen molar-refractivity contribution in [2.24, 2.45) is 0 Å². The summed E-state index contributed by atoms with van der Waals surface area (Å²) in [6.07, 6.45) is 0. The van der Waals surface area contributed by atoms with Crippen molar-refractivity contribution in [1.29, 1.82) is 0 Å². The number of rotatable bonds is 2. The molecule has 0 aliphatic carbocycles. The molecule has 0 fully saturated rings. The lowest BCUT2D eigenvalue weighted by Crippen LogP contribution is -2.46. The molecule has 0 bridgehead atoms. The zero-order valence-electron chi connectivity index (χ0n) is 7.99. The number of hydrogen-bond donors (Lipinski definition) is 0. The Morgan fingerprint density at radius 3 is 1.82 bits per heavy atom. The zero-order valence-corrected chi connectivity index (χ0v) is 9.75. The minimum atomic E-state index is -1.78. The van der Waals surface area contributed by atoms with Gasteiger partial charge in [-0.05, 0) is 5.04 Å². The number of alkyl halides is 1. The molecule has 0 aromatic carbocycles. The summed E-state index contributed by atoms with van der Waals surface area (Å²) in [5, 5.41) is 0.380. The fraction of sp³-hybridized carbons (Fsp3) is 0.875. The zero-order chi connectivity index (χ0) is 9.28. The van der Waals surface area contributed by atoms with Crippen molar-refractivity contribution in [2.45, 2.75) is 38.9 Å². The standard InChI is InChI=1S/C8H17ClOSi/c1-8(2,3)11(4,5)7(10)6-9/h6H2,1-5H3. The highest BCUT2D eigenvalue weighted by Crippen LogP contribution is 2.36. The second-order valence-corrected chi connectivity index (χ2v) is 10.0. The van der Waals surface area contributed by atoms with Crippen LogP contribution in [0.3, 0.4) is 0 Å². The van der Waals surface area contributed by atoms with Crippen LogP contribution >= 0.6 is 11.6 Å². The van der Waals surface area contributed by atoms with Gasteiger partial charge in [0.25, 0.3) is 0 Å². The van der Waals surface area contributed by atoms with Gasteiger partial charge in [-0.15, -0.1) is 11.6 Å². The van der Waals surface area contributed by atoms with E-state index in [1.165, 1.54) is 0 Å². The van der Waals surface area contributed by atoms with Gasteiger partial charge in [-0.2, -0.15) is 0 Å². The van der Waals surface area contributed by atoms with Gasteiger partial charge in [0.2, 0.25) is 0 Å². The van der Waals surface area contributed by atoms with Crippen molar-refractivity contribution >= 4 is 25.1 Å². The molecule has 0 radical (unpaired) electrons. The van der Waals surface area contributed by atoms with Crippen LogP contribution in [0.15, 0.2) is 0 Å². The first-order chi connectivity index (χ1) is 4.73. The quantitative estimate of drug-likeness (QED) is 0.486. The van der Waals surface area contributed by atoms with E-state index >= 15 is 0 Å². The lowest BCUT2D eigenvalue weighted by molar-refractivity contribution is -0.110. The van der Waals surface area contributed by atoms with Crippen molar-refractivity contribution < 1.29 is 4.79 Å². The van der Waals surface area contributed by atoms with Gasteiger partial charge >= 0.3 is 0 Å². The van der Waals surface area contributed by atoms with Crippen LogP contribution in [0.25, 0.3) is 0 Å². The van der Waals surface area contributed by atoms with Gasteiger partial charge in [-0.25, -0.2) is 0 Å². The monoisotopic (exact) mass is 192 g/mol. The molecule has 0 aliphatic rings.